The van der Waals surface area contributed by atoms with Gasteiger partial charge in [-0.25, -0.2) is 9.97 Å². The Hall–Kier alpha value is -1.00. The maximum atomic E-state index is 5.94. The number of aromatic nitrogens is 2. The van der Waals surface area contributed by atoms with Gasteiger partial charge in [-0.15, -0.1) is 0 Å². The third-order valence-corrected chi connectivity index (χ3v) is 3.94. The molecule has 1 aliphatic carbocycles. The van der Waals surface area contributed by atoms with Crippen molar-refractivity contribution in [2.45, 2.75) is 57.1 Å². The van der Waals surface area contributed by atoms with Gasteiger partial charge in [0.05, 0.1) is 0 Å². The number of ether oxygens (including phenoxy) is 1. The van der Waals surface area contributed by atoms with Crippen LogP contribution in [0.3, 0.4) is 0 Å². The molecule has 1 saturated carbocycles. The van der Waals surface area contributed by atoms with E-state index in [-0.39, 0.29) is 11.6 Å². The zero-order valence-corrected chi connectivity index (χ0v) is 11.4. The van der Waals surface area contributed by atoms with Crippen LogP contribution in [0.1, 0.15) is 50.4 Å². The minimum Gasteiger partial charge on any atom is -0.370 e. The molecule has 0 radical (unpaired) electrons. The van der Waals surface area contributed by atoms with Gasteiger partial charge in [-0.05, 0) is 44.1 Å². The molecule has 1 atom stereocenters. The summed E-state index contributed by atoms with van der Waals surface area (Å²) in [6.45, 7) is 2.10. The molecule has 1 aliphatic rings. The monoisotopic (exact) mass is 249 g/mol. The first-order chi connectivity index (χ1) is 8.70. The minimum absolute atomic E-state index is 0.197. The molecule has 2 rings (SSSR count). The number of rotatable bonds is 5. The summed E-state index contributed by atoms with van der Waals surface area (Å²) in [5, 5.41) is 0. The SMILES string of the molecule is CCC(N)Cc1cnc(C2(OC)CCCC2)nc1. The minimum atomic E-state index is -0.245. The van der Waals surface area contributed by atoms with Crippen molar-refractivity contribution in [3.05, 3.63) is 23.8 Å². The maximum absolute atomic E-state index is 5.94. The highest BCUT2D eigenvalue weighted by Crippen LogP contribution is 2.39. The van der Waals surface area contributed by atoms with Crippen LogP contribution in [0, 0.1) is 0 Å². The lowest BCUT2D eigenvalue weighted by Gasteiger charge is -2.25. The molecule has 0 aliphatic heterocycles. The van der Waals surface area contributed by atoms with Gasteiger partial charge in [0.25, 0.3) is 0 Å². The van der Waals surface area contributed by atoms with Gasteiger partial charge >= 0.3 is 0 Å². The van der Waals surface area contributed by atoms with E-state index < -0.39 is 0 Å². The van der Waals surface area contributed by atoms with Crippen molar-refractivity contribution in [3.63, 3.8) is 0 Å². The third kappa shape index (κ3) is 2.70. The van der Waals surface area contributed by atoms with Crippen molar-refractivity contribution < 1.29 is 4.74 Å². The van der Waals surface area contributed by atoms with Crippen LogP contribution in [0.2, 0.25) is 0 Å². The number of hydrogen-bond acceptors (Lipinski definition) is 4. The van der Waals surface area contributed by atoms with E-state index in [9.17, 15) is 0 Å². The molecule has 0 aromatic carbocycles. The van der Waals surface area contributed by atoms with E-state index in [2.05, 4.69) is 16.9 Å². The van der Waals surface area contributed by atoms with E-state index in [0.29, 0.717) is 0 Å². The second kappa shape index (κ2) is 5.76. The zero-order chi connectivity index (χ0) is 13.0. The molecule has 18 heavy (non-hydrogen) atoms. The predicted molar refractivity (Wildman–Crippen MR) is 71.2 cm³/mol. The summed E-state index contributed by atoms with van der Waals surface area (Å²) in [6, 6.07) is 0.197. The lowest BCUT2D eigenvalue weighted by atomic mass is 10.0. The van der Waals surface area contributed by atoms with Crippen molar-refractivity contribution in [2.24, 2.45) is 5.73 Å². The van der Waals surface area contributed by atoms with E-state index in [0.717, 1.165) is 37.1 Å². The second-order valence-electron chi connectivity index (χ2n) is 5.19. The van der Waals surface area contributed by atoms with Crippen LogP contribution in [0.5, 0.6) is 0 Å². The largest absolute Gasteiger partial charge is 0.370 e. The van der Waals surface area contributed by atoms with Gasteiger partial charge in [0, 0.05) is 25.5 Å². The number of hydrogen-bond donors (Lipinski definition) is 1. The molecule has 4 nitrogen and oxygen atoms in total. The highest BCUT2D eigenvalue weighted by Gasteiger charge is 2.38. The van der Waals surface area contributed by atoms with Crippen molar-refractivity contribution in [1.82, 2.24) is 9.97 Å². The van der Waals surface area contributed by atoms with E-state index >= 15 is 0 Å². The summed E-state index contributed by atoms with van der Waals surface area (Å²) in [5.74, 6) is 0.830. The maximum Gasteiger partial charge on any atom is 0.160 e. The Bertz CT molecular complexity index is 371. The van der Waals surface area contributed by atoms with Crippen molar-refractivity contribution in [2.75, 3.05) is 7.11 Å². The van der Waals surface area contributed by atoms with Gasteiger partial charge < -0.3 is 10.5 Å². The molecular formula is C14H23N3O. The fourth-order valence-corrected chi connectivity index (χ4v) is 2.61. The van der Waals surface area contributed by atoms with Crippen LogP contribution in [-0.4, -0.2) is 23.1 Å². The Morgan fingerprint density at radius 3 is 2.44 bits per heavy atom. The van der Waals surface area contributed by atoms with Crippen molar-refractivity contribution in [1.29, 1.82) is 0 Å². The predicted octanol–water partition coefficient (Wildman–Crippen LogP) is 2.17. The van der Waals surface area contributed by atoms with Gasteiger partial charge in [0.15, 0.2) is 5.82 Å². The summed E-state index contributed by atoms with van der Waals surface area (Å²) in [4.78, 5) is 9.00. The molecule has 1 aromatic heterocycles. The van der Waals surface area contributed by atoms with Crippen LogP contribution < -0.4 is 5.73 Å². The quantitative estimate of drug-likeness (QED) is 0.868. The smallest absolute Gasteiger partial charge is 0.160 e. The van der Waals surface area contributed by atoms with Gasteiger partial charge in [-0.2, -0.15) is 0 Å². The molecule has 1 fully saturated rings. The van der Waals surface area contributed by atoms with Gasteiger partial charge in [0.1, 0.15) is 5.60 Å². The number of nitrogens with zero attached hydrogens (tertiary/aromatic N) is 2. The highest BCUT2D eigenvalue weighted by atomic mass is 16.5. The van der Waals surface area contributed by atoms with Crippen LogP contribution in [0.4, 0.5) is 0 Å². The molecule has 100 valence electrons. The van der Waals surface area contributed by atoms with E-state index in [1.807, 2.05) is 12.4 Å². The van der Waals surface area contributed by atoms with Gasteiger partial charge in [-0.3, -0.25) is 0 Å². The summed E-state index contributed by atoms with van der Waals surface area (Å²) < 4.78 is 5.68. The summed E-state index contributed by atoms with van der Waals surface area (Å²) in [6.07, 6.45) is 10.1. The molecule has 0 amide bonds. The van der Waals surface area contributed by atoms with Crippen LogP contribution in [0.15, 0.2) is 12.4 Å². The van der Waals surface area contributed by atoms with E-state index in [4.69, 9.17) is 10.5 Å². The lowest BCUT2D eigenvalue weighted by Crippen LogP contribution is -2.27. The lowest BCUT2D eigenvalue weighted by molar-refractivity contribution is -0.0163. The Morgan fingerprint density at radius 2 is 1.94 bits per heavy atom. The molecule has 0 spiro atoms. The van der Waals surface area contributed by atoms with E-state index in [1.165, 1.54) is 12.8 Å². The fourth-order valence-electron chi connectivity index (χ4n) is 2.61. The fraction of sp³-hybridized carbons (Fsp3) is 0.714. The average molecular weight is 249 g/mol. The summed E-state index contributed by atoms with van der Waals surface area (Å²) in [5.41, 5.74) is 6.80. The van der Waals surface area contributed by atoms with Crippen molar-refractivity contribution >= 4 is 0 Å². The van der Waals surface area contributed by atoms with Gasteiger partial charge in [0.2, 0.25) is 0 Å². The van der Waals surface area contributed by atoms with Crippen LogP contribution >= 0.6 is 0 Å². The number of nitrogens with two attached hydrogens (primary N) is 1. The summed E-state index contributed by atoms with van der Waals surface area (Å²) in [7, 11) is 1.76. The molecular weight excluding hydrogens is 226 g/mol. The van der Waals surface area contributed by atoms with Crippen LogP contribution in [0.25, 0.3) is 0 Å². The standard InChI is InChI=1S/C14H23N3O/c1-3-12(15)8-11-9-16-13(17-10-11)14(18-2)6-4-5-7-14/h9-10,12H,3-8,15H2,1-2H3. The molecule has 0 bridgehead atoms. The first kappa shape index (κ1) is 13.4. The first-order valence-electron chi connectivity index (χ1n) is 6.82. The Morgan fingerprint density at radius 1 is 1.33 bits per heavy atom. The average Bonchev–Trinajstić information content (AvgIpc) is 2.89. The zero-order valence-electron chi connectivity index (χ0n) is 11.4. The molecule has 4 heteroatoms. The third-order valence-electron chi connectivity index (χ3n) is 3.94. The highest BCUT2D eigenvalue weighted by molar-refractivity contribution is 5.12. The molecule has 1 unspecified atom stereocenters. The second-order valence-corrected chi connectivity index (χ2v) is 5.19. The Balaban J connectivity index is 2.11. The molecule has 1 heterocycles. The normalized spacial score (nSPS) is 19.9. The Labute approximate surface area is 109 Å². The first-order valence-corrected chi connectivity index (χ1v) is 6.82. The van der Waals surface area contributed by atoms with Gasteiger partial charge in [-0.1, -0.05) is 6.92 Å². The Kier molecular flexibility index (Phi) is 4.30. The molecule has 0 saturated heterocycles. The molecule has 1 aromatic rings. The summed E-state index contributed by atoms with van der Waals surface area (Å²) >= 11 is 0. The van der Waals surface area contributed by atoms with E-state index in [1.54, 1.807) is 7.11 Å². The topological polar surface area (TPSA) is 61.0 Å². The van der Waals surface area contributed by atoms with Crippen LogP contribution in [-0.2, 0) is 16.8 Å². The molecule has 2 N–H and O–H groups in total. The van der Waals surface area contributed by atoms with Crippen molar-refractivity contribution in [3.8, 4) is 0 Å². The number of methoxy groups -OCH3 is 1.